The predicted octanol–water partition coefficient (Wildman–Crippen LogP) is 1.23. The van der Waals surface area contributed by atoms with Crippen molar-refractivity contribution in [1.29, 1.82) is 0 Å². The van der Waals surface area contributed by atoms with Crippen LogP contribution in [0.1, 0.15) is 23.5 Å². The van der Waals surface area contributed by atoms with Crippen molar-refractivity contribution >= 4 is 5.82 Å². The highest BCUT2D eigenvalue weighted by Crippen LogP contribution is 1.99. The van der Waals surface area contributed by atoms with Gasteiger partial charge in [-0.05, 0) is 18.5 Å². The molecule has 1 aromatic rings. The van der Waals surface area contributed by atoms with Crippen LogP contribution in [0.3, 0.4) is 0 Å². The van der Waals surface area contributed by atoms with Crippen molar-refractivity contribution in [3.05, 3.63) is 23.8 Å². The third-order valence-corrected chi connectivity index (χ3v) is 0.722. The first-order valence-electron chi connectivity index (χ1n) is 6.24. The number of aryl methyl sites for hydroxylation is 1. The molecule has 0 aliphatic rings. The standard InChI is InChI=1S/C7H10N2/c1-2-6-4-3-5-7(8)9-6/h3-5H,2H2,1H3,(H2,8,9)/i1D3,2D2,3D,4D,5D. The molecule has 0 bridgehead atoms. The van der Waals surface area contributed by atoms with E-state index in [1.54, 1.807) is 0 Å². The highest BCUT2D eigenvalue weighted by atomic mass is 14.8. The van der Waals surface area contributed by atoms with Crippen LogP contribution >= 0.6 is 0 Å². The molecular weight excluding hydrogens is 112 g/mol. The SMILES string of the molecule is [2H]c1c(N)nc(C([2H])([2H])C([2H])([2H])[2H])c([2H])c1[2H]. The number of pyridine rings is 1. The molecule has 0 aliphatic carbocycles. The average Bonchev–Trinajstić information content (AvgIpc) is 2.18. The number of nitrogen functional groups attached to an aromatic ring is 1. The second kappa shape index (κ2) is 2.49. The highest BCUT2D eigenvalue weighted by Gasteiger charge is 1.87. The summed E-state index contributed by atoms with van der Waals surface area (Å²) in [4.78, 5) is 3.42. The Morgan fingerprint density at radius 1 is 2.00 bits per heavy atom. The highest BCUT2D eigenvalue weighted by molar-refractivity contribution is 5.28. The third kappa shape index (κ3) is 1.42. The van der Waals surface area contributed by atoms with Crippen molar-refractivity contribution in [3.63, 3.8) is 0 Å². The lowest BCUT2D eigenvalue weighted by Gasteiger charge is -1.94. The Hall–Kier alpha value is -1.05. The van der Waals surface area contributed by atoms with E-state index in [0.29, 0.717) is 0 Å². The number of anilines is 1. The Balaban J connectivity index is 3.54. The molecule has 0 atom stereocenters. The van der Waals surface area contributed by atoms with Crippen LogP contribution < -0.4 is 5.73 Å². The van der Waals surface area contributed by atoms with Gasteiger partial charge in [0.05, 0.1) is 4.11 Å². The smallest absolute Gasteiger partial charge is 0.123 e. The van der Waals surface area contributed by atoms with E-state index in [9.17, 15) is 0 Å². The molecule has 0 saturated heterocycles. The predicted molar refractivity (Wildman–Crippen MR) is 38.0 cm³/mol. The fraction of sp³-hybridized carbons (Fsp3) is 0.286. The average molecular weight is 130 g/mol. The summed E-state index contributed by atoms with van der Waals surface area (Å²) in [5, 5.41) is 0. The van der Waals surface area contributed by atoms with Gasteiger partial charge < -0.3 is 5.73 Å². The maximum absolute atomic E-state index is 7.45. The van der Waals surface area contributed by atoms with E-state index in [-0.39, 0.29) is 0 Å². The van der Waals surface area contributed by atoms with Crippen molar-refractivity contribution in [2.24, 2.45) is 0 Å². The number of hydrogen-bond acceptors (Lipinski definition) is 2. The first-order chi connectivity index (χ1) is 7.50. The molecule has 0 spiro atoms. The largest absolute Gasteiger partial charge is 0.384 e. The minimum Gasteiger partial charge on any atom is -0.384 e. The molecule has 2 heteroatoms. The van der Waals surface area contributed by atoms with Gasteiger partial charge >= 0.3 is 0 Å². The summed E-state index contributed by atoms with van der Waals surface area (Å²) < 4.78 is 58.1. The summed E-state index contributed by atoms with van der Waals surface area (Å²) in [6.45, 7) is -3.03. The Kier molecular flexibility index (Phi) is 0.417. The fourth-order valence-electron chi connectivity index (χ4n) is 0.390. The Bertz CT molecular complexity index is 452. The van der Waals surface area contributed by atoms with Crippen LogP contribution in [0.5, 0.6) is 0 Å². The van der Waals surface area contributed by atoms with Crippen LogP contribution in [0.25, 0.3) is 0 Å². The van der Waals surface area contributed by atoms with Crippen LogP contribution in [0.15, 0.2) is 18.1 Å². The normalized spacial score (nSPS) is 25.3. The zero-order valence-electron chi connectivity index (χ0n) is 12.5. The zero-order chi connectivity index (χ0) is 13.6. The summed E-state index contributed by atoms with van der Waals surface area (Å²) in [6, 6.07) is -1.88. The molecule has 2 nitrogen and oxygen atoms in total. The maximum Gasteiger partial charge on any atom is 0.123 e. The van der Waals surface area contributed by atoms with Gasteiger partial charge in [-0.15, -0.1) is 0 Å². The number of rotatable bonds is 1. The van der Waals surface area contributed by atoms with Crippen molar-refractivity contribution in [1.82, 2.24) is 4.98 Å². The van der Waals surface area contributed by atoms with Crippen molar-refractivity contribution < 1.29 is 11.0 Å². The van der Waals surface area contributed by atoms with E-state index in [4.69, 9.17) is 16.7 Å². The van der Waals surface area contributed by atoms with E-state index in [2.05, 4.69) is 4.98 Å². The van der Waals surface area contributed by atoms with Crippen LogP contribution in [-0.4, -0.2) is 4.98 Å². The quantitative estimate of drug-likeness (QED) is 0.621. The van der Waals surface area contributed by atoms with Gasteiger partial charge in [0.25, 0.3) is 0 Å². The minimum absolute atomic E-state index is 0.464. The van der Waals surface area contributed by atoms with Gasteiger partial charge in [-0.2, -0.15) is 0 Å². The van der Waals surface area contributed by atoms with Crippen LogP contribution in [-0.2, 0) is 6.37 Å². The summed E-state index contributed by atoms with van der Waals surface area (Å²) >= 11 is 0. The minimum atomic E-state index is -3.03. The zero-order valence-corrected chi connectivity index (χ0v) is 4.52. The number of nitrogens with two attached hydrogens (primary N) is 1. The first-order valence-corrected chi connectivity index (χ1v) is 2.24. The van der Waals surface area contributed by atoms with Gasteiger partial charge in [0.15, 0.2) is 0 Å². The molecule has 48 valence electrons. The number of hydrogen-bond donors (Lipinski definition) is 1. The van der Waals surface area contributed by atoms with E-state index in [1.165, 1.54) is 0 Å². The monoisotopic (exact) mass is 130 g/mol. The molecule has 1 aromatic heterocycles. The Labute approximate surface area is 66.0 Å². The summed E-state index contributed by atoms with van der Waals surface area (Å²) in [6.07, 6.45) is -2.89. The number of aromatic nitrogens is 1. The molecule has 0 saturated carbocycles. The van der Waals surface area contributed by atoms with E-state index in [0.717, 1.165) is 0 Å². The van der Waals surface area contributed by atoms with Crippen LogP contribution in [0.2, 0.25) is 0 Å². The lowest BCUT2D eigenvalue weighted by Crippen LogP contribution is -1.92. The summed E-state index contributed by atoms with van der Waals surface area (Å²) in [5.74, 6) is -0.464. The summed E-state index contributed by atoms with van der Waals surface area (Å²) in [5.41, 5.74) is 4.54. The van der Waals surface area contributed by atoms with E-state index < -0.39 is 42.9 Å². The second-order valence-electron chi connectivity index (χ2n) is 1.35. The second-order valence-corrected chi connectivity index (χ2v) is 1.35. The van der Waals surface area contributed by atoms with E-state index in [1.807, 2.05) is 0 Å². The molecule has 2 N–H and O–H groups in total. The molecular formula is C7H10N2. The molecule has 0 aliphatic heterocycles. The van der Waals surface area contributed by atoms with Crippen LogP contribution in [0.4, 0.5) is 5.82 Å². The lowest BCUT2D eigenvalue weighted by molar-refractivity contribution is 1.04. The topological polar surface area (TPSA) is 38.9 Å². The molecule has 0 aromatic carbocycles. The molecule has 0 radical (unpaired) electrons. The fourth-order valence-corrected chi connectivity index (χ4v) is 0.390. The molecule has 1 heterocycles. The lowest BCUT2D eigenvalue weighted by atomic mass is 10.3. The molecule has 9 heavy (non-hydrogen) atoms. The first kappa shape index (κ1) is 1.51. The van der Waals surface area contributed by atoms with Gasteiger partial charge in [-0.25, -0.2) is 4.98 Å². The van der Waals surface area contributed by atoms with Crippen molar-refractivity contribution in [2.45, 2.75) is 13.2 Å². The molecule has 0 unspecified atom stereocenters. The van der Waals surface area contributed by atoms with Crippen molar-refractivity contribution in [2.75, 3.05) is 5.73 Å². The maximum atomic E-state index is 7.45. The van der Waals surface area contributed by atoms with Gasteiger partial charge in [0.1, 0.15) is 5.82 Å². The van der Waals surface area contributed by atoms with E-state index >= 15 is 0 Å². The Morgan fingerprint density at radius 3 is 3.67 bits per heavy atom. The molecule has 1 rings (SSSR count). The molecule has 0 amide bonds. The van der Waals surface area contributed by atoms with Gasteiger partial charge in [0.2, 0.25) is 0 Å². The van der Waals surface area contributed by atoms with Crippen molar-refractivity contribution in [3.8, 4) is 0 Å². The third-order valence-electron chi connectivity index (χ3n) is 0.722. The van der Waals surface area contributed by atoms with Gasteiger partial charge in [0, 0.05) is 12.5 Å². The number of nitrogens with zero attached hydrogens (tertiary/aromatic N) is 1. The van der Waals surface area contributed by atoms with Gasteiger partial charge in [-0.1, -0.05) is 12.9 Å². The van der Waals surface area contributed by atoms with Crippen LogP contribution in [0, 0.1) is 0 Å². The Morgan fingerprint density at radius 2 is 2.89 bits per heavy atom. The van der Waals surface area contributed by atoms with Gasteiger partial charge in [-0.3, -0.25) is 0 Å². The summed E-state index contributed by atoms with van der Waals surface area (Å²) in [7, 11) is 0. The molecule has 0 fully saturated rings.